The van der Waals surface area contributed by atoms with Crippen molar-refractivity contribution in [1.82, 2.24) is 0 Å². The molecule has 0 saturated carbocycles. The van der Waals surface area contributed by atoms with Crippen LogP contribution in [0.5, 0.6) is 0 Å². The zero-order valence-corrected chi connectivity index (χ0v) is 11.7. The van der Waals surface area contributed by atoms with Gasteiger partial charge in [0.2, 0.25) is 0 Å². The molecule has 100 valence electrons. The molecule has 0 heterocycles. The quantitative estimate of drug-likeness (QED) is 0.845. The summed E-state index contributed by atoms with van der Waals surface area (Å²) in [6, 6.07) is 5.71. The van der Waals surface area contributed by atoms with Crippen LogP contribution in [0.4, 0.5) is 10.5 Å². The van der Waals surface area contributed by atoms with Crippen LogP contribution in [0.2, 0.25) is 0 Å². The molecular weight excluding hydrogens is 228 g/mol. The number of anilines is 1. The summed E-state index contributed by atoms with van der Waals surface area (Å²) in [6.07, 6.45) is -0.451. The molecule has 1 aromatic carbocycles. The molecule has 1 rings (SSSR count). The Morgan fingerprint density at radius 2 is 2.00 bits per heavy atom. The molecular formula is C14H22N2O2. The average molecular weight is 250 g/mol. The molecule has 1 amide bonds. The molecule has 0 aromatic heterocycles. The van der Waals surface area contributed by atoms with Crippen molar-refractivity contribution >= 4 is 11.8 Å². The number of carbonyl (C=O) groups is 1. The van der Waals surface area contributed by atoms with Crippen molar-refractivity contribution in [2.75, 3.05) is 5.32 Å². The van der Waals surface area contributed by atoms with Crippen LogP contribution in [-0.2, 0) is 4.74 Å². The van der Waals surface area contributed by atoms with Crippen molar-refractivity contribution in [2.24, 2.45) is 5.73 Å². The SMILES string of the molecule is Cc1ccc([C@@H](C)N)cc1NC(=O)OC(C)(C)C. The Hall–Kier alpha value is -1.55. The first-order chi connectivity index (χ1) is 8.19. The molecule has 0 aliphatic heterocycles. The van der Waals surface area contributed by atoms with Gasteiger partial charge in [-0.3, -0.25) is 5.32 Å². The number of hydrogen-bond donors (Lipinski definition) is 2. The predicted molar refractivity (Wildman–Crippen MR) is 73.6 cm³/mol. The first kappa shape index (κ1) is 14.5. The topological polar surface area (TPSA) is 64.3 Å². The van der Waals surface area contributed by atoms with Gasteiger partial charge < -0.3 is 10.5 Å². The van der Waals surface area contributed by atoms with Crippen LogP contribution in [-0.4, -0.2) is 11.7 Å². The molecule has 0 radical (unpaired) electrons. The highest BCUT2D eigenvalue weighted by molar-refractivity contribution is 5.86. The van der Waals surface area contributed by atoms with E-state index in [1.807, 2.05) is 52.8 Å². The number of ether oxygens (including phenoxy) is 1. The Morgan fingerprint density at radius 3 is 2.50 bits per heavy atom. The highest BCUT2D eigenvalue weighted by atomic mass is 16.6. The smallest absolute Gasteiger partial charge is 0.412 e. The van der Waals surface area contributed by atoms with E-state index < -0.39 is 11.7 Å². The Kier molecular flexibility index (Phi) is 4.35. The van der Waals surface area contributed by atoms with Gasteiger partial charge in [-0.1, -0.05) is 12.1 Å². The molecule has 18 heavy (non-hydrogen) atoms. The third kappa shape index (κ3) is 4.37. The van der Waals surface area contributed by atoms with Gasteiger partial charge in [0.15, 0.2) is 0 Å². The number of rotatable bonds is 2. The highest BCUT2D eigenvalue weighted by Crippen LogP contribution is 2.21. The van der Waals surface area contributed by atoms with Gasteiger partial charge in [-0.15, -0.1) is 0 Å². The molecule has 0 spiro atoms. The normalized spacial score (nSPS) is 13.0. The van der Waals surface area contributed by atoms with Gasteiger partial charge >= 0.3 is 6.09 Å². The summed E-state index contributed by atoms with van der Waals surface area (Å²) in [5.41, 5.74) is 8.01. The number of aryl methyl sites for hydroxylation is 1. The second kappa shape index (κ2) is 5.40. The van der Waals surface area contributed by atoms with Crippen LogP contribution >= 0.6 is 0 Å². The van der Waals surface area contributed by atoms with E-state index in [2.05, 4.69) is 5.32 Å². The molecule has 3 N–H and O–H groups in total. The Morgan fingerprint density at radius 1 is 1.39 bits per heavy atom. The molecule has 0 saturated heterocycles. The third-order valence-corrected chi connectivity index (χ3v) is 2.42. The summed E-state index contributed by atoms with van der Waals surface area (Å²) in [5, 5.41) is 2.75. The zero-order valence-electron chi connectivity index (χ0n) is 11.7. The fourth-order valence-corrected chi connectivity index (χ4v) is 1.47. The first-order valence-electron chi connectivity index (χ1n) is 6.05. The Labute approximate surface area is 109 Å². The Balaban J connectivity index is 2.84. The third-order valence-electron chi connectivity index (χ3n) is 2.42. The minimum atomic E-state index is -0.503. The van der Waals surface area contributed by atoms with Crippen LogP contribution in [0.15, 0.2) is 18.2 Å². The maximum absolute atomic E-state index is 11.7. The van der Waals surface area contributed by atoms with Gasteiger partial charge in [0.25, 0.3) is 0 Å². The van der Waals surface area contributed by atoms with Crippen molar-refractivity contribution in [1.29, 1.82) is 0 Å². The number of hydrogen-bond acceptors (Lipinski definition) is 3. The first-order valence-corrected chi connectivity index (χ1v) is 6.05. The van der Waals surface area contributed by atoms with Crippen molar-refractivity contribution in [2.45, 2.75) is 46.3 Å². The van der Waals surface area contributed by atoms with Gasteiger partial charge in [-0.2, -0.15) is 0 Å². The molecule has 0 bridgehead atoms. The maximum Gasteiger partial charge on any atom is 0.412 e. The van der Waals surface area contributed by atoms with E-state index in [1.54, 1.807) is 0 Å². The second-order valence-corrected chi connectivity index (χ2v) is 5.49. The van der Waals surface area contributed by atoms with E-state index in [1.165, 1.54) is 0 Å². The van der Waals surface area contributed by atoms with E-state index in [-0.39, 0.29) is 6.04 Å². The molecule has 4 nitrogen and oxygen atoms in total. The maximum atomic E-state index is 11.7. The number of nitrogens with one attached hydrogen (secondary N) is 1. The van der Waals surface area contributed by atoms with Crippen molar-refractivity contribution < 1.29 is 9.53 Å². The average Bonchev–Trinajstić information content (AvgIpc) is 2.18. The van der Waals surface area contributed by atoms with Gasteiger partial charge in [0.05, 0.1) is 0 Å². The lowest BCUT2D eigenvalue weighted by atomic mass is 10.1. The largest absolute Gasteiger partial charge is 0.444 e. The predicted octanol–water partition coefficient (Wildman–Crippen LogP) is 3.36. The Bertz CT molecular complexity index is 434. The van der Waals surface area contributed by atoms with Crippen molar-refractivity contribution in [3.8, 4) is 0 Å². The summed E-state index contributed by atoms with van der Waals surface area (Å²) in [5.74, 6) is 0. The summed E-state index contributed by atoms with van der Waals surface area (Å²) < 4.78 is 5.22. The lowest BCUT2D eigenvalue weighted by molar-refractivity contribution is 0.0636. The van der Waals surface area contributed by atoms with E-state index in [0.29, 0.717) is 0 Å². The van der Waals surface area contributed by atoms with Crippen LogP contribution < -0.4 is 11.1 Å². The van der Waals surface area contributed by atoms with Gasteiger partial charge in [-0.25, -0.2) is 4.79 Å². The van der Waals surface area contributed by atoms with Crippen molar-refractivity contribution in [3.63, 3.8) is 0 Å². The molecule has 0 aliphatic rings. The molecule has 0 unspecified atom stereocenters. The number of carbonyl (C=O) groups excluding carboxylic acids is 1. The molecule has 1 aromatic rings. The van der Waals surface area contributed by atoms with E-state index in [0.717, 1.165) is 16.8 Å². The van der Waals surface area contributed by atoms with Gasteiger partial charge in [0, 0.05) is 11.7 Å². The highest BCUT2D eigenvalue weighted by Gasteiger charge is 2.17. The minimum Gasteiger partial charge on any atom is -0.444 e. The minimum absolute atomic E-state index is 0.0650. The van der Waals surface area contributed by atoms with Crippen LogP contribution in [0.1, 0.15) is 44.9 Å². The van der Waals surface area contributed by atoms with Crippen LogP contribution in [0.3, 0.4) is 0 Å². The summed E-state index contributed by atoms with van der Waals surface area (Å²) in [4.78, 5) is 11.7. The molecule has 0 aliphatic carbocycles. The van der Waals surface area contributed by atoms with E-state index >= 15 is 0 Å². The standard InChI is InChI=1S/C14H22N2O2/c1-9-6-7-11(10(2)15)8-12(9)16-13(17)18-14(3,4)5/h6-8,10H,15H2,1-5H3,(H,16,17)/t10-/m1/s1. The van der Waals surface area contributed by atoms with E-state index in [4.69, 9.17) is 10.5 Å². The lowest BCUT2D eigenvalue weighted by Gasteiger charge is -2.20. The molecule has 4 heteroatoms. The summed E-state index contributed by atoms with van der Waals surface area (Å²) in [7, 11) is 0. The molecule has 0 fully saturated rings. The fraction of sp³-hybridized carbons (Fsp3) is 0.500. The monoisotopic (exact) mass is 250 g/mol. The fourth-order valence-electron chi connectivity index (χ4n) is 1.47. The van der Waals surface area contributed by atoms with Crippen LogP contribution in [0.25, 0.3) is 0 Å². The summed E-state index contributed by atoms with van der Waals surface area (Å²) >= 11 is 0. The number of benzene rings is 1. The van der Waals surface area contributed by atoms with E-state index in [9.17, 15) is 4.79 Å². The summed E-state index contributed by atoms with van der Waals surface area (Å²) in [6.45, 7) is 9.33. The number of nitrogens with two attached hydrogens (primary N) is 1. The second-order valence-electron chi connectivity index (χ2n) is 5.49. The van der Waals surface area contributed by atoms with Crippen molar-refractivity contribution in [3.05, 3.63) is 29.3 Å². The molecule has 1 atom stereocenters. The number of amides is 1. The van der Waals surface area contributed by atoms with Crippen LogP contribution in [0, 0.1) is 6.92 Å². The zero-order chi connectivity index (χ0) is 13.9. The lowest BCUT2D eigenvalue weighted by Crippen LogP contribution is -2.27. The van der Waals surface area contributed by atoms with Gasteiger partial charge in [0.1, 0.15) is 5.60 Å². The van der Waals surface area contributed by atoms with Gasteiger partial charge in [-0.05, 0) is 51.8 Å².